The maximum atomic E-state index is 11.1. The molecule has 1 unspecified atom stereocenters. The number of nitrogens with two attached hydrogens (primary N) is 1. The van der Waals surface area contributed by atoms with Crippen LogP contribution in [0.15, 0.2) is 0 Å². The van der Waals surface area contributed by atoms with E-state index in [1.54, 1.807) is 5.43 Å². The zero-order valence-corrected chi connectivity index (χ0v) is 9.79. The maximum absolute atomic E-state index is 11.1. The SMILES string of the molecule is CCCSC[C@@H](N)C(O)C(=O)NNC(=O)O. The highest BCUT2D eigenvalue weighted by molar-refractivity contribution is 7.99. The molecular weight excluding hydrogens is 234 g/mol. The lowest BCUT2D eigenvalue weighted by Gasteiger charge is -2.17. The van der Waals surface area contributed by atoms with Crippen LogP contribution < -0.4 is 16.6 Å². The Balaban J connectivity index is 3.86. The summed E-state index contributed by atoms with van der Waals surface area (Å²) in [6.45, 7) is 2.01. The Kier molecular flexibility index (Phi) is 7.69. The van der Waals surface area contributed by atoms with Gasteiger partial charge in [-0.25, -0.2) is 10.2 Å². The van der Waals surface area contributed by atoms with Crippen LogP contribution in [0.5, 0.6) is 0 Å². The molecule has 0 aromatic rings. The Hall–Kier alpha value is -0.990. The second kappa shape index (κ2) is 8.20. The number of hydrogen-bond donors (Lipinski definition) is 5. The molecule has 2 atom stereocenters. The van der Waals surface area contributed by atoms with Gasteiger partial charge in [-0.3, -0.25) is 10.2 Å². The molecule has 0 aliphatic rings. The maximum Gasteiger partial charge on any atom is 0.423 e. The first kappa shape index (κ1) is 15.0. The molecule has 0 fully saturated rings. The molecule has 0 rings (SSSR count). The first-order valence-electron chi connectivity index (χ1n) is 4.79. The third kappa shape index (κ3) is 6.49. The summed E-state index contributed by atoms with van der Waals surface area (Å²) in [4.78, 5) is 21.2. The van der Waals surface area contributed by atoms with Crippen LogP contribution in [0, 0.1) is 0 Å². The van der Waals surface area contributed by atoms with Crippen molar-refractivity contribution in [1.82, 2.24) is 10.9 Å². The number of hydrogen-bond acceptors (Lipinski definition) is 5. The van der Waals surface area contributed by atoms with E-state index in [4.69, 9.17) is 10.8 Å². The van der Waals surface area contributed by atoms with E-state index in [1.807, 2.05) is 12.3 Å². The Morgan fingerprint density at radius 3 is 2.56 bits per heavy atom. The standard InChI is InChI=1S/C8H17N3O4S/c1-2-3-16-4-5(9)6(12)7(13)10-11-8(14)15/h5-6,11-12H,2-4,9H2,1H3,(H,10,13)(H,14,15)/t5-,6?/m1/s1. The average Bonchev–Trinajstić information content (AvgIpc) is 2.24. The van der Waals surface area contributed by atoms with Gasteiger partial charge in [-0.1, -0.05) is 6.92 Å². The van der Waals surface area contributed by atoms with Crippen molar-refractivity contribution in [2.45, 2.75) is 25.5 Å². The van der Waals surface area contributed by atoms with Crippen molar-refractivity contribution in [2.75, 3.05) is 11.5 Å². The molecule has 0 radical (unpaired) electrons. The number of thioether (sulfide) groups is 1. The van der Waals surface area contributed by atoms with Crippen molar-refractivity contribution < 1.29 is 19.8 Å². The predicted octanol–water partition coefficient (Wildman–Crippen LogP) is -0.883. The topological polar surface area (TPSA) is 125 Å². The summed E-state index contributed by atoms with van der Waals surface area (Å²) in [7, 11) is 0. The van der Waals surface area contributed by atoms with Crippen LogP contribution >= 0.6 is 11.8 Å². The minimum Gasteiger partial charge on any atom is -0.464 e. The summed E-state index contributed by atoms with van der Waals surface area (Å²) < 4.78 is 0. The van der Waals surface area contributed by atoms with E-state index in [0.717, 1.165) is 12.2 Å². The molecule has 2 amide bonds. The zero-order chi connectivity index (χ0) is 12.6. The van der Waals surface area contributed by atoms with Gasteiger partial charge >= 0.3 is 6.09 Å². The Morgan fingerprint density at radius 1 is 1.44 bits per heavy atom. The van der Waals surface area contributed by atoms with Gasteiger partial charge in [0.1, 0.15) is 6.10 Å². The molecule has 0 aromatic heterocycles. The smallest absolute Gasteiger partial charge is 0.423 e. The second-order valence-electron chi connectivity index (χ2n) is 3.10. The van der Waals surface area contributed by atoms with Gasteiger partial charge in [-0.15, -0.1) is 0 Å². The molecule has 8 heteroatoms. The van der Waals surface area contributed by atoms with E-state index in [-0.39, 0.29) is 0 Å². The van der Waals surface area contributed by atoms with E-state index in [2.05, 4.69) is 0 Å². The largest absolute Gasteiger partial charge is 0.464 e. The number of aliphatic hydroxyl groups is 1. The minimum absolute atomic E-state index is 0.440. The number of amides is 2. The molecule has 0 aromatic carbocycles. The number of hydrazine groups is 1. The van der Waals surface area contributed by atoms with Gasteiger partial charge in [-0.05, 0) is 12.2 Å². The van der Waals surface area contributed by atoms with Crippen LogP contribution in [0.3, 0.4) is 0 Å². The lowest BCUT2D eigenvalue weighted by atomic mass is 10.2. The molecule has 7 nitrogen and oxygen atoms in total. The van der Waals surface area contributed by atoms with Crippen molar-refractivity contribution in [3.05, 3.63) is 0 Å². The van der Waals surface area contributed by atoms with Crippen molar-refractivity contribution >= 4 is 23.8 Å². The molecule has 0 aliphatic carbocycles. The highest BCUT2D eigenvalue weighted by Crippen LogP contribution is 2.05. The molecule has 0 aliphatic heterocycles. The van der Waals surface area contributed by atoms with Crippen LogP contribution in [-0.2, 0) is 4.79 Å². The molecule has 0 saturated heterocycles. The van der Waals surface area contributed by atoms with Gasteiger partial charge in [0, 0.05) is 11.8 Å². The van der Waals surface area contributed by atoms with Crippen molar-refractivity contribution in [1.29, 1.82) is 0 Å². The predicted molar refractivity (Wildman–Crippen MR) is 60.9 cm³/mol. The van der Waals surface area contributed by atoms with Gasteiger partial charge in [0.05, 0.1) is 0 Å². The van der Waals surface area contributed by atoms with Crippen LogP contribution in [0.25, 0.3) is 0 Å². The highest BCUT2D eigenvalue weighted by atomic mass is 32.2. The molecule has 0 spiro atoms. The Morgan fingerprint density at radius 2 is 2.06 bits per heavy atom. The molecule has 0 bridgehead atoms. The molecule has 6 N–H and O–H groups in total. The summed E-state index contributed by atoms with van der Waals surface area (Å²) in [6, 6.07) is -0.716. The third-order valence-corrected chi connectivity index (χ3v) is 2.94. The molecular formula is C8H17N3O4S. The second-order valence-corrected chi connectivity index (χ2v) is 4.25. The summed E-state index contributed by atoms with van der Waals surface area (Å²) in [5.74, 6) is 0.484. The average molecular weight is 251 g/mol. The van der Waals surface area contributed by atoms with Crippen LogP contribution in [-0.4, -0.2) is 45.9 Å². The van der Waals surface area contributed by atoms with Crippen LogP contribution in [0.2, 0.25) is 0 Å². The normalized spacial score (nSPS) is 13.9. The molecule has 94 valence electrons. The number of carbonyl (C=O) groups excluding carboxylic acids is 1. The first-order valence-corrected chi connectivity index (χ1v) is 5.94. The minimum atomic E-state index is -1.42. The monoisotopic (exact) mass is 251 g/mol. The lowest BCUT2D eigenvalue weighted by Crippen LogP contribution is -2.52. The van der Waals surface area contributed by atoms with Gasteiger partial charge in [0.25, 0.3) is 5.91 Å². The number of rotatable bonds is 6. The molecule has 0 heterocycles. The fourth-order valence-electron chi connectivity index (χ4n) is 0.838. The number of carbonyl (C=O) groups is 2. The van der Waals surface area contributed by atoms with E-state index in [0.29, 0.717) is 5.75 Å². The quantitative estimate of drug-likeness (QED) is 0.308. The third-order valence-electron chi connectivity index (χ3n) is 1.63. The molecule has 0 saturated carbocycles. The first-order chi connectivity index (χ1) is 7.49. The fourth-order valence-corrected chi connectivity index (χ4v) is 1.75. The van der Waals surface area contributed by atoms with Gasteiger partial charge < -0.3 is 15.9 Å². The Bertz CT molecular complexity index is 239. The highest BCUT2D eigenvalue weighted by Gasteiger charge is 2.22. The number of aliphatic hydroxyl groups excluding tert-OH is 1. The number of carboxylic acid groups (broad SMARTS) is 1. The van der Waals surface area contributed by atoms with Crippen LogP contribution in [0.4, 0.5) is 4.79 Å². The van der Waals surface area contributed by atoms with Crippen molar-refractivity contribution in [3.63, 3.8) is 0 Å². The summed E-state index contributed by atoms with van der Waals surface area (Å²) in [6.07, 6.45) is -1.84. The van der Waals surface area contributed by atoms with Gasteiger partial charge in [-0.2, -0.15) is 11.8 Å². The fraction of sp³-hybridized carbons (Fsp3) is 0.750. The summed E-state index contributed by atoms with van der Waals surface area (Å²) in [5, 5.41) is 17.6. The number of nitrogens with one attached hydrogen (secondary N) is 2. The van der Waals surface area contributed by atoms with Crippen LogP contribution in [0.1, 0.15) is 13.3 Å². The Labute approximate surface area is 97.7 Å². The van der Waals surface area contributed by atoms with E-state index >= 15 is 0 Å². The summed E-state index contributed by atoms with van der Waals surface area (Å²) >= 11 is 1.53. The lowest BCUT2D eigenvalue weighted by molar-refractivity contribution is -0.130. The molecule has 16 heavy (non-hydrogen) atoms. The van der Waals surface area contributed by atoms with Crippen molar-refractivity contribution in [2.24, 2.45) is 5.73 Å². The summed E-state index contributed by atoms with van der Waals surface area (Å²) in [5.41, 5.74) is 9.03. The van der Waals surface area contributed by atoms with Crippen molar-refractivity contribution in [3.8, 4) is 0 Å². The van der Waals surface area contributed by atoms with Gasteiger partial charge in [0.2, 0.25) is 0 Å². The zero-order valence-electron chi connectivity index (χ0n) is 8.97. The van der Waals surface area contributed by atoms with E-state index in [9.17, 15) is 14.7 Å². The van der Waals surface area contributed by atoms with E-state index in [1.165, 1.54) is 11.8 Å². The van der Waals surface area contributed by atoms with E-state index < -0.39 is 24.1 Å². The van der Waals surface area contributed by atoms with Gasteiger partial charge in [0.15, 0.2) is 0 Å².